The first-order chi connectivity index (χ1) is 17.1. The lowest BCUT2D eigenvalue weighted by atomic mass is 10.2. The van der Waals surface area contributed by atoms with Crippen molar-refractivity contribution in [2.24, 2.45) is 0 Å². The van der Waals surface area contributed by atoms with Crippen LogP contribution in [-0.2, 0) is 21.2 Å². The molecule has 1 fully saturated rings. The van der Waals surface area contributed by atoms with Crippen LogP contribution in [0.3, 0.4) is 0 Å². The van der Waals surface area contributed by atoms with Crippen molar-refractivity contribution in [2.45, 2.75) is 37.0 Å². The number of carbonyl (C=O) groups is 2. The summed E-state index contributed by atoms with van der Waals surface area (Å²) in [6.45, 7) is 2.22. The van der Waals surface area contributed by atoms with Crippen molar-refractivity contribution in [2.75, 3.05) is 13.4 Å². The largest absolute Gasteiger partial charge is 0.497 e. The average Bonchev–Trinajstić information content (AvgIpc) is 3.64. The van der Waals surface area contributed by atoms with Crippen LogP contribution in [0, 0.1) is 6.92 Å². The highest BCUT2D eigenvalue weighted by Gasteiger charge is 2.51. The van der Waals surface area contributed by atoms with E-state index in [0.29, 0.717) is 18.6 Å². The minimum absolute atomic E-state index is 0.0733. The minimum Gasteiger partial charge on any atom is -0.497 e. The molecule has 0 radical (unpaired) electrons. The molecule has 1 heterocycles. The number of nitrogens with one attached hydrogen (secondary N) is 2. The van der Waals surface area contributed by atoms with Crippen molar-refractivity contribution in [1.29, 1.82) is 0 Å². The Morgan fingerprint density at radius 1 is 1.03 bits per heavy atom. The SMILES string of the molecule is COc1ccc(Oc2ccc(CNC(=O)C3(NC(=O)c4cnc(S(C)(=O)=O)nc4)CC3)cc2)c(C)c1. The standard InChI is InChI=1S/C25H26N4O6S/c1-16-12-20(34-2)8-9-21(16)35-19-6-4-17(5-7-19)13-26-23(31)25(10-11-25)29-22(30)18-14-27-24(28-15-18)36(3,32)33/h4-9,12,14-15H,10-11,13H2,1-3H3,(H,26,31)(H,29,30). The first kappa shape index (κ1) is 25.1. The van der Waals surface area contributed by atoms with Gasteiger partial charge in [-0.05, 0) is 61.2 Å². The van der Waals surface area contributed by atoms with E-state index < -0.39 is 21.3 Å². The summed E-state index contributed by atoms with van der Waals surface area (Å²) in [5, 5.41) is 5.21. The molecule has 2 N–H and O–H groups in total. The van der Waals surface area contributed by atoms with Gasteiger partial charge in [0.2, 0.25) is 20.9 Å². The maximum Gasteiger partial charge on any atom is 0.255 e. The molecular formula is C25H26N4O6S. The third-order valence-corrected chi connectivity index (χ3v) is 6.62. The molecule has 1 aliphatic carbocycles. The smallest absolute Gasteiger partial charge is 0.255 e. The van der Waals surface area contributed by atoms with Gasteiger partial charge < -0.3 is 20.1 Å². The van der Waals surface area contributed by atoms with Crippen LogP contribution in [0.5, 0.6) is 17.2 Å². The van der Waals surface area contributed by atoms with Crippen LogP contribution >= 0.6 is 0 Å². The first-order valence-electron chi connectivity index (χ1n) is 11.1. The summed E-state index contributed by atoms with van der Waals surface area (Å²) >= 11 is 0. The fraction of sp³-hybridized carbons (Fsp3) is 0.280. The quantitative estimate of drug-likeness (QED) is 0.419. The van der Waals surface area contributed by atoms with Gasteiger partial charge in [0.15, 0.2) is 0 Å². The lowest BCUT2D eigenvalue weighted by molar-refractivity contribution is -0.124. The molecule has 0 saturated heterocycles. The highest BCUT2D eigenvalue weighted by molar-refractivity contribution is 7.90. The van der Waals surface area contributed by atoms with Crippen molar-refractivity contribution in [3.8, 4) is 17.2 Å². The Hall–Kier alpha value is -3.99. The van der Waals surface area contributed by atoms with Gasteiger partial charge in [-0.2, -0.15) is 0 Å². The molecule has 1 saturated carbocycles. The van der Waals surface area contributed by atoms with E-state index in [2.05, 4.69) is 20.6 Å². The molecule has 0 atom stereocenters. The third kappa shape index (κ3) is 5.80. The van der Waals surface area contributed by atoms with Crippen LogP contribution in [-0.4, -0.2) is 49.1 Å². The lowest BCUT2D eigenvalue weighted by Crippen LogP contribution is -2.48. The van der Waals surface area contributed by atoms with E-state index in [1.807, 2.05) is 49.4 Å². The number of aryl methyl sites for hydroxylation is 1. The fourth-order valence-electron chi connectivity index (χ4n) is 3.47. The summed E-state index contributed by atoms with van der Waals surface area (Å²) in [6, 6.07) is 12.9. The summed E-state index contributed by atoms with van der Waals surface area (Å²) in [4.78, 5) is 32.7. The second-order valence-corrected chi connectivity index (χ2v) is 10.5. The Kier molecular flexibility index (Phi) is 6.93. The van der Waals surface area contributed by atoms with E-state index in [9.17, 15) is 18.0 Å². The van der Waals surface area contributed by atoms with Crippen LogP contribution in [0.15, 0.2) is 60.0 Å². The molecule has 11 heteroatoms. The summed E-state index contributed by atoms with van der Waals surface area (Å²) in [6.07, 6.45) is 4.24. The van der Waals surface area contributed by atoms with Crippen LogP contribution in [0.1, 0.15) is 34.3 Å². The summed E-state index contributed by atoms with van der Waals surface area (Å²) in [7, 11) is -1.96. The second kappa shape index (κ2) is 9.94. The van der Waals surface area contributed by atoms with Crippen molar-refractivity contribution >= 4 is 21.7 Å². The number of sulfone groups is 1. The van der Waals surface area contributed by atoms with Gasteiger partial charge in [-0.3, -0.25) is 9.59 Å². The van der Waals surface area contributed by atoms with E-state index >= 15 is 0 Å². The monoisotopic (exact) mass is 510 g/mol. The molecule has 36 heavy (non-hydrogen) atoms. The Bertz CT molecular complexity index is 1390. The van der Waals surface area contributed by atoms with Gasteiger partial charge in [0.1, 0.15) is 22.8 Å². The summed E-state index contributed by atoms with van der Waals surface area (Å²) < 4.78 is 34.1. The van der Waals surface area contributed by atoms with Gasteiger partial charge in [-0.15, -0.1) is 0 Å². The zero-order chi connectivity index (χ0) is 25.9. The average molecular weight is 511 g/mol. The first-order valence-corrected chi connectivity index (χ1v) is 13.0. The number of ether oxygens (including phenoxy) is 2. The topological polar surface area (TPSA) is 137 Å². The minimum atomic E-state index is -3.57. The molecule has 2 amide bonds. The molecule has 0 spiro atoms. The number of hydrogen-bond acceptors (Lipinski definition) is 8. The molecule has 10 nitrogen and oxygen atoms in total. The Labute approximate surface area is 209 Å². The Morgan fingerprint density at radius 3 is 2.22 bits per heavy atom. The maximum absolute atomic E-state index is 12.8. The van der Waals surface area contributed by atoms with E-state index in [-0.39, 0.29) is 23.2 Å². The predicted octanol–water partition coefficient (Wildman–Crippen LogP) is 2.57. The van der Waals surface area contributed by atoms with Crippen LogP contribution in [0.2, 0.25) is 0 Å². The number of methoxy groups -OCH3 is 1. The van der Waals surface area contributed by atoms with Gasteiger partial charge >= 0.3 is 0 Å². The van der Waals surface area contributed by atoms with Gasteiger partial charge in [-0.25, -0.2) is 18.4 Å². The van der Waals surface area contributed by atoms with Gasteiger partial charge in [-0.1, -0.05) is 12.1 Å². The molecular weight excluding hydrogens is 484 g/mol. The molecule has 4 rings (SSSR count). The highest BCUT2D eigenvalue weighted by atomic mass is 32.2. The van der Waals surface area contributed by atoms with Crippen molar-refractivity contribution < 1.29 is 27.5 Å². The molecule has 1 aliphatic rings. The molecule has 2 aromatic carbocycles. The normalized spacial score (nSPS) is 14.0. The maximum atomic E-state index is 12.8. The van der Waals surface area contributed by atoms with Gasteiger partial charge in [0.05, 0.1) is 12.7 Å². The lowest BCUT2D eigenvalue weighted by Gasteiger charge is -2.17. The van der Waals surface area contributed by atoms with E-state index in [0.717, 1.165) is 41.3 Å². The van der Waals surface area contributed by atoms with Crippen LogP contribution in [0.25, 0.3) is 0 Å². The molecule has 188 valence electrons. The number of carbonyl (C=O) groups excluding carboxylic acids is 2. The fourth-order valence-corrected chi connectivity index (χ4v) is 3.95. The third-order valence-electron chi connectivity index (χ3n) is 5.75. The van der Waals surface area contributed by atoms with E-state index in [4.69, 9.17) is 9.47 Å². The van der Waals surface area contributed by atoms with Crippen molar-refractivity contribution in [3.05, 3.63) is 71.5 Å². The number of benzene rings is 2. The predicted molar refractivity (Wildman–Crippen MR) is 131 cm³/mol. The number of rotatable bonds is 9. The van der Waals surface area contributed by atoms with Crippen molar-refractivity contribution in [3.63, 3.8) is 0 Å². The van der Waals surface area contributed by atoms with Gasteiger partial charge in [0, 0.05) is 25.2 Å². The Balaban J connectivity index is 1.31. The summed E-state index contributed by atoms with van der Waals surface area (Å²) in [5.41, 5.74) is 0.889. The van der Waals surface area contributed by atoms with Crippen molar-refractivity contribution in [1.82, 2.24) is 20.6 Å². The number of nitrogens with zero attached hydrogens (tertiary/aromatic N) is 2. The molecule has 1 aromatic heterocycles. The highest BCUT2D eigenvalue weighted by Crippen LogP contribution is 2.36. The van der Waals surface area contributed by atoms with Crippen LogP contribution in [0.4, 0.5) is 0 Å². The Morgan fingerprint density at radius 2 is 1.67 bits per heavy atom. The second-order valence-electron chi connectivity index (χ2n) is 8.62. The molecule has 0 aliphatic heterocycles. The van der Waals surface area contributed by atoms with Gasteiger partial charge in [0.25, 0.3) is 5.91 Å². The van der Waals surface area contributed by atoms with Crippen LogP contribution < -0.4 is 20.1 Å². The summed E-state index contributed by atoms with van der Waals surface area (Å²) in [5.74, 6) is 1.30. The zero-order valence-electron chi connectivity index (χ0n) is 20.1. The molecule has 0 unspecified atom stereocenters. The molecule has 0 bridgehead atoms. The number of hydrogen-bond donors (Lipinski definition) is 2. The molecule has 3 aromatic rings. The zero-order valence-corrected chi connectivity index (χ0v) is 20.9. The number of aromatic nitrogens is 2. The van der Waals surface area contributed by atoms with E-state index in [1.54, 1.807) is 7.11 Å². The number of amides is 2. The van der Waals surface area contributed by atoms with E-state index in [1.165, 1.54) is 0 Å².